The molecule has 2 N–H and O–H groups in total. The second-order valence-electron chi connectivity index (χ2n) is 5.11. The molecule has 0 heterocycles. The van der Waals surface area contributed by atoms with Crippen molar-refractivity contribution >= 4 is 23.7 Å². The molecule has 0 aliphatic rings. The predicted octanol–water partition coefficient (Wildman–Crippen LogP) is 2.48. The number of hydrazone groups is 1. The summed E-state index contributed by atoms with van der Waals surface area (Å²) in [6.45, 7) is 1.92. The number of rotatable bonds is 6. The quantitative estimate of drug-likeness (QED) is 0.486. The van der Waals surface area contributed by atoms with Crippen LogP contribution < -0.4 is 15.5 Å². The van der Waals surface area contributed by atoms with Gasteiger partial charge in [-0.25, -0.2) is 5.43 Å². The summed E-state index contributed by atoms with van der Waals surface area (Å²) in [7, 11) is 1.60. The number of amides is 2. The van der Waals surface area contributed by atoms with Crippen molar-refractivity contribution in [2.45, 2.75) is 13.3 Å². The van der Waals surface area contributed by atoms with E-state index in [1.54, 1.807) is 31.4 Å². The number of para-hydroxylation sites is 1. The third kappa shape index (κ3) is 5.24. The van der Waals surface area contributed by atoms with Crippen molar-refractivity contribution in [3.05, 3.63) is 59.7 Å². The molecule has 2 amide bonds. The lowest BCUT2D eigenvalue weighted by Gasteiger charge is -2.05. The van der Waals surface area contributed by atoms with Crippen LogP contribution in [-0.2, 0) is 9.59 Å². The highest BCUT2D eigenvalue weighted by molar-refractivity contribution is 6.03. The van der Waals surface area contributed by atoms with Crippen molar-refractivity contribution in [2.24, 2.45) is 5.10 Å². The molecule has 6 nitrogen and oxygen atoms in total. The van der Waals surface area contributed by atoms with Gasteiger partial charge in [0.25, 0.3) is 0 Å². The van der Waals surface area contributed by atoms with E-state index in [1.165, 1.54) is 6.21 Å². The van der Waals surface area contributed by atoms with Gasteiger partial charge >= 0.3 is 0 Å². The van der Waals surface area contributed by atoms with E-state index in [9.17, 15) is 9.59 Å². The third-order valence-electron chi connectivity index (χ3n) is 3.25. The van der Waals surface area contributed by atoms with Crippen molar-refractivity contribution < 1.29 is 14.3 Å². The molecule has 2 rings (SSSR count). The third-order valence-corrected chi connectivity index (χ3v) is 3.25. The maximum absolute atomic E-state index is 11.7. The van der Waals surface area contributed by atoms with Crippen molar-refractivity contribution in [1.82, 2.24) is 5.43 Å². The molecule has 0 bridgehead atoms. The number of methoxy groups -OCH3 is 1. The van der Waals surface area contributed by atoms with Gasteiger partial charge in [0.2, 0.25) is 11.8 Å². The van der Waals surface area contributed by atoms with Gasteiger partial charge in [0.05, 0.1) is 13.3 Å². The Morgan fingerprint density at radius 1 is 1.12 bits per heavy atom. The molecule has 24 heavy (non-hydrogen) atoms. The van der Waals surface area contributed by atoms with Crippen molar-refractivity contribution in [1.29, 1.82) is 0 Å². The molecule has 0 aliphatic heterocycles. The van der Waals surface area contributed by atoms with Gasteiger partial charge in [-0.05, 0) is 48.4 Å². The summed E-state index contributed by atoms with van der Waals surface area (Å²) in [5.74, 6) is -0.119. The van der Waals surface area contributed by atoms with E-state index in [4.69, 9.17) is 4.74 Å². The van der Waals surface area contributed by atoms with E-state index in [-0.39, 0.29) is 6.42 Å². The highest BCUT2D eigenvalue weighted by Gasteiger charge is 2.08. The van der Waals surface area contributed by atoms with E-state index >= 15 is 0 Å². The van der Waals surface area contributed by atoms with Crippen molar-refractivity contribution in [3.8, 4) is 5.75 Å². The highest BCUT2D eigenvalue weighted by atomic mass is 16.5. The first-order valence-corrected chi connectivity index (χ1v) is 7.40. The lowest BCUT2D eigenvalue weighted by molar-refractivity contribution is -0.126. The van der Waals surface area contributed by atoms with Gasteiger partial charge in [-0.2, -0.15) is 5.10 Å². The molecule has 2 aromatic carbocycles. The summed E-state index contributed by atoms with van der Waals surface area (Å²) in [5.41, 5.74) is 4.81. The molecule has 0 atom stereocenters. The largest absolute Gasteiger partial charge is 0.497 e. The molecular weight excluding hydrogens is 306 g/mol. The van der Waals surface area contributed by atoms with Gasteiger partial charge in [0, 0.05) is 5.69 Å². The summed E-state index contributed by atoms with van der Waals surface area (Å²) in [4.78, 5) is 23.5. The SMILES string of the molecule is COc1ccc(C=NNC(=O)CC(=O)Nc2ccccc2)c(C)c1. The lowest BCUT2D eigenvalue weighted by atomic mass is 10.1. The van der Waals surface area contributed by atoms with E-state index in [0.29, 0.717) is 5.69 Å². The summed E-state index contributed by atoms with van der Waals surface area (Å²) >= 11 is 0. The zero-order chi connectivity index (χ0) is 17.4. The molecule has 0 fully saturated rings. The number of carbonyl (C=O) groups excluding carboxylic acids is 2. The molecule has 6 heteroatoms. The first kappa shape index (κ1) is 17.2. The Hall–Kier alpha value is -3.15. The van der Waals surface area contributed by atoms with Gasteiger partial charge < -0.3 is 10.1 Å². The average Bonchev–Trinajstić information content (AvgIpc) is 2.57. The number of ether oxygens (including phenoxy) is 1. The molecule has 2 aromatic rings. The summed E-state index contributed by atoms with van der Waals surface area (Å²) in [6, 6.07) is 14.5. The Bertz CT molecular complexity index is 742. The maximum atomic E-state index is 11.7. The zero-order valence-electron chi connectivity index (χ0n) is 13.6. The fraction of sp³-hybridized carbons (Fsp3) is 0.167. The first-order chi connectivity index (χ1) is 11.6. The van der Waals surface area contributed by atoms with E-state index in [2.05, 4.69) is 15.8 Å². The van der Waals surface area contributed by atoms with Crippen LogP contribution in [0.4, 0.5) is 5.69 Å². The van der Waals surface area contributed by atoms with E-state index < -0.39 is 11.8 Å². The summed E-state index contributed by atoms with van der Waals surface area (Å²) in [6.07, 6.45) is 1.23. The number of aryl methyl sites for hydroxylation is 1. The fourth-order valence-corrected chi connectivity index (χ4v) is 2.01. The molecule has 124 valence electrons. The van der Waals surface area contributed by atoms with Crippen LogP contribution in [0.5, 0.6) is 5.75 Å². The number of nitrogens with zero attached hydrogens (tertiary/aromatic N) is 1. The Morgan fingerprint density at radius 2 is 1.88 bits per heavy atom. The molecule has 0 radical (unpaired) electrons. The Kier molecular flexibility index (Phi) is 6.08. The van der Waals surface area contributed by atoms with E-state index in [0.717, 1.165) is 16.9 Å². The number of hydrogen-bond donors (Lipinski definition) is 2. The minimum atomic E-state index is -0.481. The second kappa shape index (κ2) is 8.47. The summed E-state index contributed by atoms with van der Waals surface area (Å²) in [5, 5.41) is 6.51. The van der Waals surface area contributed by atoms with Crippen LogP contribution in [0.25, 0.3) is 0 Å². The normalized spacial score (nSPS) is 10.4. The molecule has 0 spiro atoms. The minimum Gasteiger partial charge on any atom is -0.497 e. The molecule has 0 saturated heterocycles. The Morgan fingerprint density at radius 3 is 2.54 bits per heavy atom. The number of anilines is 1. The monoisotopic (exact) mass is 325 g/mol. The van der Waals surface area contributed by atoms with Crippen molar-refractivity contribution in [2.75, 3.05) is 12.4 Å². The van der Waals surface area contributed by atoms with Crippen molar-refractivity contribution in [3.63, 3.8) is 0 Å². The fourth-order valence-electron chi connectivity index (χ4n) is 2.01. The smallest absolute Gasteiger partial charge is 0.249 e. The lowest BCUT2D eigenvalue weighted by Crippen LogP contribution is -2.24. The molecular formula is C18H19N3O3. The van der Waals surface area contributed by atoms with Crippen LogP contribution in [0.3, 0.4) is 0 Å². The van der Waals surface area contributed by atoms with Crippen LogP contribution in [0, 0.1) is 6.92 Å². The Labute approximate surface area is 140 Å². The van der Waals surface area contributed by atoms with Gasteiger partial charge in [-0.3, -0.25) is 9.59 Å². The van der Waals surface area contributed by atoms with Gasteiger partial charge in [0.15, 0.2) is 0 Å². The average molecular weight is 325 g/mol. The van der Waals surface area contributed by atoms with Crippen LogP contribution in [0.15, 0.2) is 53.6 Å². The minimum absolute atomic E-state index is 0.298. The Balaban J connectivity index is 1.83. The number of carbonyl (C=O) groups is 2. The number of benzene rings is 2. The molecule has 0 aliphatic carbocycles. The maximum Gasteiger partial charge on any atom is 0.249 e. The first-order valence-electron chi connectivity index (χ1n) is 7.40. The van der Waals surface area contributed by atoms with Crippen LogP contribution >= 0.6 is 0 Å². The number of nitrogens with one attached hydrogen (secondary N) is 2. The topological polar surface area (TPSA) is 79.8 Å². The van der Waals surface area contributed by atoms with Gasteiger partial charge in [-0.15, -0.1) is 0 Å². The van der Waals surface area contributed by atoms with Gasteiger partial charge in [-0.1, -0.05) is 18.2 Å². The second-order valence-corrected chi connectivity index (χ2v) is 5.11. The highest BCUT2D eigenvalue weighted by Crippen LogP contribution is 2.15. The van der Waals surface area contributed by atoms with Crippen LogP contribution in [-0.4, -0.2) is 25.1 Å². The van der Waals surface area contributed by atoms with Gasteiger partial charge in [0.1, 0.15) is 12.2 Å². The number of hydrogen-bond acceptors (Lipinski definition) is 4. The summed E-state index contributed by atoms with van der Waals surface area (Å²) < 4.78 is 5.13. The molecule has 0 unspecified atom stereocenters. The molecule has 0 aromatic heterocycles. The predicted molar refractivity (Wildman–Crippen MR) is 93.2 cm³/mol. The standard InChI is InChI=1S/C18H19N3O3/c1-13-10-16(24-2)9-8-14(13)12-19-21-18(23)11-17(22)20-15-6-4-3-5-7-15/h3-10,12H,11H2,1-2H3,(H,20,22)(H,21,23). The zero-order valence-corrected chi connectivity index (χ0v) is 13.6. The van der Waals surface area contributed by atoms with E-state index in [1.807, 2.05) is 31.2 Å². The van der Waals surface area contributed by atoms with Crippen LogP contribution in [0.2, 0.25) is 0 Å². The molecule has 0 saturated carbocycles. The van der Waals surface area contributed by atoms with Crippen LogP contribution in [0.1, 0.15) is 17.5 Å².